The fraction of sp³-hybridized carbons (Fsp3) is 0.407. The van der Waals surface area contributed by atoms with Gasteiger partial charge in [0.25, 0.3) is 5.91 Å². The van der Waals surface area contributed by atoms with Crippen LogP contribution in [0, 0.1) is 0 Å². The van der Waals surface area contributed by atoms with Gasteiger partial charge in [0, 0.05) is 17.7 Å². The molecule has 1 N–H and O–H groups in total. The number of amides is 1. The molecule has 0 radical (unpaired) electrons. The Kier molecular flexibility index (Phi) is 7.33. The van der Waals surface area contributed by atoms with E-state index in [1.165, 1.54) is 12.8 Å². The van der Waals surface area contributed by atoms with Crippen LogP contribution in [0.4, 0.5) is 0 Å². The molecule has 0 saturated carbocycles. The standard InChI is InChI=1S/C27H33N3O3/c1-4-6-8-18-33-22-15-11-20(12-16-22)26-23-24(19-9-13-21(32-3)14-10-19)28-29-25(23)27(31)30(26)17-7-5-2/h9-16,26H,4-8,17-18H2,1-3H3,(H,28,29). The van der Waals surface area contributed by atoms with E-state index in [1.807, 2.05) is 41.3 Å². The Hall–Kier alpha value is -3.28. The molecule has 0 bridgehead atoms. The zero-order valence-corrected chi connectivity index (χ0v) is 19.8. The van der Waals surface area contributed by atoms with Crippen LogP contribution in [-0.4, -0.2) is 41.3 Å². The van der Waals surface area contributed by atoms with Crippen LogP contribution in [0.1, 0.15) is 73.6 Å². The van der Waals surface area contributed by atoms with Crippen molar-refractivity contribution in [3.8, 4) is 22.8 Å². The third-order valence-electron chi connectivity index (χ3n) is 6.19. The Morgan fingerprint density at radius 1 is 0.939 bits per heavy atom. The number of hydrogen-bond donors (Lipinski definition) is 1. The lowest BCUT2D eigenvalue weighted by molar-refractivity contribution is 0.0741. The van der Waals surface area contributed by atoms with Crippen molar-refractivity contribution in [3.05, 3.63) is 65.4 Å². The van der Waals surface area contributed by atoms with Gasteiger partial charge in [-0.2, -0.15) is 5.10 Å². The van der Waals surface area contributed by atoms with Crippen LogP contribution in [-0.2, 0) is 0 Å². The molecule has 1 amide bonds. The topological polar surface area (TPSA) is 67.5 Å². The van der Waals surface area contributed by atoms with Crippen molar-refractivity contribution in [2.45, 2.75) is 52.0 Å². The SMILES string of the molecule is CCCCCOc1ccc(C2c3c(-c4ccc(OC)cc4)n[nH]c3C(=O)N2CCCC)cc1. The number of fused-ring (bicyclic) bond motifs is 1. The molecule has 0 fully saturated rings. The van der Waals surface area contributed by atoms with E-state index in [9.17, 15) is 4.79 Å². The van der Waals surface area contributed by atoms with E-state index in [0.29, 0.717) is 12.2 Å². The molecule has 1 atom stereocenters. The number of hydrogen-bond acceptors (Lipinski definition) is 4. The van der Waals surface area contributed by atoms with E-state index >= 15 is 0 Å². The van der Waals surface area contributed by atoms with Crippen LogP contribution in [0.5, 0.6) is 11.5 Å². The van der Waals surface area contributed by atoms with Gasteiger partial charge in [0.05, 0.1) is 25.5 Å². The van der Waals surface area contributed by atoms with Crippen molar-refractivity contribution < 1.29 is 14.3 Å². The highest BCUT2D eigenvalue weighted by atomic mass is 16.5. The van der Waals surface area contributed by atoms with Gasteiger partial charge in [0.2, 0.25) is 0 Å². The molecule has 6 nitrogen and oxygen atoms in total. The van der Waals surface area contributed by atoms with Crippen LogP contribution >= 0.6 is 0 Å². The van der Waals surface area contributed by atoms with Crippen molar-refractivity contribution in [2.24, 2.45) is 0 Å². The van der Waals surface area contributed by atoms with Gasteiger partial charge < -0.3 is 14.4 Å². The largest absolute Gasteiger partial charge is 0.497 e. The van der Waals surface area contributed by atoms with Crippen molar-refractivity contribution in [3.63, 3.8) is 0 Å². The minimum atomic E-state index is -0.177. The molecule has 174 valence electrons. The number of unbranched alkanes of at least 4 members (excludes halogenated alkanes) is 3. The third-order valence-corrected chi connectivity index (χ3v) is 6.19. The average Bonchev–Trinajstić information content (AvgIpc) is 3.40. The molecule has 0 aliphatic carbocycles. The maximum atomic E-state index is 13.3. The minimum Gasteiger partial charge on any atom is -0.497 e. The summed E-state index contributed by atoms with van der Waals surface area (Å²) in [6, 6.07) is 15.8. The number of carbonyl (C=O) groups excluding carboxylic acids is 1. The Morgan fingerprint density at radius 2 is 1.64 bits per heavy atom. The van der Waals surface area contributed by atoms with Crippen LogP contribution in [0.15, 0.2) is 48.5 Å². The first-order chi connectivity index (χ1) is 16.2. The van der Waals surface area contributed by atoms with Crippen molar-refractivity contribution in [2.75, 3.05) is 20.3 Å². The lowest BCUT2D eigenvalue weighted by atomic mass is 9.96. The summed E-state index contributed by atoms with van der Waals surface area (Å²) < 4.78 is 11.2. The predicted molar refractivity (Wildman–Crippen MR) is 130 cm³/mol. The van der Waals surface area contributed by atoms with Crippen LogP contribution in [0.2, 0.25) is 0 Å². The zero-order valence-electron chi connectivity index (χ0n) is 19.8. The lowest BCUT2D eigenvalue weighted by Crippen LogP contribution is -2.30. The Morgan fingerprint density at radius 3 is 2.30 bits per heavy atom. The predicted octanol–water partition coefficient (Wildman–Crippen LogP) is 6.00. The van der Waals surface area contributed by atoms with E-state index in [4.69, 9.17) is 9.47 Å². The monoisotopic (exact) mass is 447 g/mol. The van der Waals surface area contributed by atoms with Gasteiger partial charge in [-0.25, -0.2) is 0 Å². The normalized spacial score (nSPS) is 15.1. The number of methoxy groups -OCH3 is 1. The summed E-state index contributed by atoms with van der Waals surface area (Å²) in [5, 5.41) is 7.57. The van der Waals surface area contributed by atoms with Crippen LogP contribution < -0.4 is 9.47 Å². The molecule has 6 heteroatoms. The molecule has 1 unspecified atom stereocenters. The van der Waals surface area contributed by atoms with Crippen LogP contribution in [0.3, 0.4) is 0 Å². The first kappa shape index (κ1) is 22.9. The summed E-state index contributed by atoms with van der Waals surface area (Å²) in [6.45, 7) is 5.77. The van der Waals surface area contributed by atoms with E-state index in [0.717, 1.165) is 59.8 Å². The number of nitrogens with zero attached hydrogens (tertiary/aromatic N) is 2. The number of rotatable bonds is 11. The highest BCUT2D eigenvalue weighted by molar-refractivity contribution is 6.00. The van der Waals surface area contributed by atoms with E-state index in [2.05, 4.69) is 36.2 Å². The fourth-order valence-electron chi connectivity index (χ4n) is 4.36. The molecule has 1 aliphatic heterocycles. The molecular weight excluding hydrogens is 414 g/mol. The highest BCUT2D eigenvalue weighted by Crippen LogP contribution is 2.43. The zero-order chi connectivity index (χ0) is 23.2. The van der Waals surface area contributed by atoms with Gasteiger partial charge >= 0.3 is 0 Å². The molecule has 2 aromatic carbocycles. The van der Waals surface area contributed by atoms with Gasteiger partial charge in [-0.15, -0.1) is 0 Å². The fourth-order valence-corrected chi connectivity index (χ4v) is 4.36. The molecule has 33 heavy (non-hydrogen) atoms. The molecule has 0 saturated heterocycles. The molecule has 4 rings (SSSR count). The Bertz CT molecular complexity index is 1060. The van der Waals surface area contributed by atoms with Gasteiger partial charge in [-0.3, -0.25) is 9.89 Å². The second-order valence-corrected chi connectivity index (χ2v) is 8.47. The molecule has 3 aromatic rings. The van der Waals surface area contributed by atoms with Crippen molar-refractivity contribution in [1.82, 2.24) is 15.1 Å². The summed E-state index contributed by atoms with van der Waals surface area (Å²) in [7, 11) is 1.65. The van der Waals surface area contributed by atoms with E-state index < -0.39 is 0 Å². The number of aromatic amines is 1. The second kappa shape index (κ2) is 10.6. The molecule has 1 aromatic heterocycles. The quantitative estimate of drug-likeness (QED) is 0.366. The summed E-state index contributed by atoms with van der Waals surface area (Å²) in [5.41, 5.74) is 4.36. The summed E-state index contributed by atoms with van der Waals surface area (Å²) in [4.78, 5) is 15.3. The summed E-state index contributed by atoms with van der Waals surface area (Å²) in [5.74, 6) is 1.66. The summed E-state index contributed by atoms with van der Waals surface area (Å²) >= 11 is 0. The second-order valence-electron chi connectivity index (χ2n) is 8.47. The number of ether oxygens (including phenoxy) is 2. The van der Waals surface area contributed by atoms with Crippen molar-refractivity contribution in [1.29, 1.82) is 0 Å². The third kappa shape index (κ3) is 4.75. The average molecular weight is 448 g/mol. The van der Waals surface area contributed by atoms with Crippen LogP contribution in [0.25, 0.3) is 11.3 Å². The maximum Gasteiger partial charge on any atom is 0.273 e. The molecule has 0 spiro atoms. The smallest absolute Gasteiger partial charge is 0.273 e. The van der Waals surface area contributed by atoms with Gasteiger partial charge in [-0.05, 0) is 54.8 Å². The number of aromatic nitrogens is 2. The minimum absolute atomic E-state index is 0.00982. The molecular formula is C27H33N3O3. The number of H-pyrrole nitrogens is 1. The number of nitrogens with one attached hydrogen (secondary N) is 1. The van der Waals surface area contributed by atoms with Gasteiger partial charge in [0.15, 0.2) is 0 Å². The number of benzene rings is 2. The number of carbonyl (C=O) groups is 1. The molecule has 2 heterocycles. The molecule has 1 aliphatic rings. The van der Waals surface area contributed by atoms with E-state index in [-0.39, 0.29) is 11.9 Å². The Balaban J connectivity index is 1.67. The first-order valence-corrected chi connectivity index (χ1v) is 11.9. The summed E-state index contributed by atoms with van der Waals surface area (Å²) in [6.07, 6.45) is 5.39. The van der Waals surface area contributed by atoms with Gasteiger partial charge in [0.1, 0.15) is 17.2 Å². The highest BCUT2D eigenvalue weighted by Gasteiger charge is 2.41. The van der Waals surface area contributed by atoms with E-state index in [1.54, 1.807) is 7.11 Å². The van der Waals surface area contributed by atoms with Crippen molar-refractivity contribution >= 4 is 5.91 Å². The maximum absolute atomic E-state index is 13.3. The lowest BCUT2D eigenvalue weighted by Gasteiger charge is -2.26. The van der Waals surface area contributed by atoms with Gasteiger partial charge in [-0.1, -0.05) is 45.2 Å². The Labute approximate surface area is 195 Å². The first-order valence-electron chi connectivity index (χ1n) is 11.9.